The molecule has 4 aromatic carbocycles. The van der Waals surface area contributed by atoms with Crippen LogP contribution in [0.3, 0.4) is 0 Å². The van der Waals surface area contributed by atoms with Crippen LogP contribution in [0.2, 0.25) is 19.6 Å². The van der Waals surface area contributed by atoms with Gasteiger partial charge < -0.3 is 0 Å². The molecule has 0 atom stereocenters. The molecular formula is C29H31Cl2Si2Zr. The van der Waals surface area contributed by atoms with Gasteiger partial charge in [0.25, 0.3) is 0 Å². The average molecular weight is 598 g/mol. The molecule has 0 bridgehead atoms. The predicted molar refractivity (Wildman–Crippen MR) is 155 cm³/mol. The molecular weight excluding hydrogens is 567 g/mol. The van der Waals surface area contributed by atoms with Gasteiger partial charge in [-0.1, -0.05) is 0 Å². The molecule has 34 heavy (non-hydrogen) atoms. The molecule has 0 saturated carbocycles. The summed E-state index contributed by atoms with van der Waals surface area (Å²) in [5.74, 6) is 0. The fourth-order valence-corrected chi connectivity index (χ4v) is 32.5. The Hall–Kier alpha value is -1.22. The van der Waals surface area contributed by atoms with Crippen molar-refractivity contribution in [3.63, 3.8) is 0 Å². The summed E-state index contributed by atoms with van der Waals surface area (Å²) in [5.41, 5.74) is 12.2. The fraction of sp³-hybridized carbons (Fsp3) is 0.172. The van der Waals surface area contributed by atoms with Gasteiger partial charge in [-0.3, -0.25) is 0 Å². The zero-order chi connectivity index (χ0) is 22.1. The van der Waals surface area contributed by atoms with Crippen LogP contribution in [0.4, 0.5) is 0 Å². The number of halogens is 2. The van der Waals surface area contributed by atoms with Crippen molar-refractivity contribution in [1.29, 1.82) is 0 Å². The van der Waals surface area contributed by atoms with Gasteiger partial charge in [0.15, 0.2) is 0 Å². The Labute approximate surface area is 221 Å². The van der Waals surface area contributed by atoms with Gasteiger partial charge in [-0.25, -0.2) is 0 Å². The second-order valence-electron chi connectivity index (χ2n) is 10.5. The Bertz CT molecular complexity index is 1350. The molecule has 2 aliphatic rings. The van der Waals surface area contributed by atoms with E-state index < -0.39 is 23.2 Å². The summed E-state index contributed by atoms with van der Waals surface area (Å²) in [7, 11) is 0. The van der Waals surface area contributed by atoms with E-state index in [-0.39, 0.29) is 24.8 Å². The molecule has 2 aliphatic carbocycles. The monoisotopic (exact) mass is 595 g/mol. The summed E-state index contributed by atoms with van der Waals surface area (Å²) in [6.45, 7) is 10.4. The van der Waals surface area contributed by atoms with Crippen LogP contribution < -0.4 is 6.54 Å². The first-order valence-electron chi connectivity index (χ1n) is 11.7. The van der Waals surface area contributed by atoms with Crippen LogP contribution in [-0.2, 0) is 30.9 Å². The van der Waals surface area contributed by atoms with Crippen molar-refractivity contribution < 1.29 is 18.0 Å². The van der Waals surface area contributed by atoms with Crippen LogP contribution >= 0.6 is 24.8 Å². The van der Waals surface area contributed by atoms with E-state index in [1.807, 2.05) is 0 Å². The summed E-state index contributed by atoms with van der Waals surface area (Å²) in [6, 6.07) is 32.6. The maximum atomic E-state index is 2.65. The fourth-order valence-electron chi connectivity index (χ4n) is 6.07. The number of hydrogen-bond acceptors (Lipinski definition) is 0. The molecule has 0 unspecified atom stereocenters. The molecule has 6 rings (SSSR count). The van der Waals surface area contributed by atoms with Gasteiger partial charge in [-0.05, 0) is 0 Å². The average Bonchev–Trinajstić information content (AvgIpc) is 3.36. The zero-order valence-corrected chi connectivity index (χ0v) is 26.5. The molecule has 0 fully saturated rings. The SMILES string of the molecule is C[Si](C)(C)[Zr](=[SiH2])([c]1cccc2c1Cc1ccccc1-2)[c]1cccc2c1Cc1ccccc1-2.Cl.Cl. The minimum Gasteiger partial charge on any atom is -0.147 e. The molecule has 0 radical (unpaired) electrons. The van der Waals surface area contributed by atoms with Crippen LogP contribution in [-0.4, -0.2) is 12.1 Å². The van der Waals surface area contributed by atoms with E-state index in [9.17, 15) is 0 Å². The van der Waals surface area contributed by atoms with Crippen molar-refractivity contribution >= 4 is 43.4 Å². The smallest absolute Gasteiger partial charge is 0.147 e. The number of benzene rings is 4. The number of fused-ring (bicyclic) bond motifs is 6. The van der Waals surface area contributed by atoms with E-state index in [1.54, 1.807) is 17.7 Å². The van der Waals surface area contributed by atoms with Crippen molar-refractivity contribution in [3.8, 4) is 22.3 Å². The molecule has 0 N–H and O–H groups in total. The minimum absolute atomic E-state index is 0. The first-order chi connectivity index (χ1) is 15.4. The number of rotatable bonds is 3. The summed E-state index contributed by atoms with van der Waals surface area (Å²) in [4.78, 5) is 0. The van der Waals surface area contributed by atoms with Gasteiger partial charge in [0.2, 0.25) is 0 Å². The maximum Gasteiger partial charge on any atom is -0.147 e. The van der Waals surface area contributed by atoms with Gasteiger partial charge >= 0.3 is 199 Å². The minimum atomic E-state index is -2.95. The van der Waals surface area contributed by atoms with Crippen LogP contribution in [0.1, 0.15) is 22.3 Å². The van der Waals surface area contributed by atoms with Crippen molar-refractivity contribution in [1.82, 2.24) is 0 Å². The normalized spacial score (nSPS) is 13.1. The third-order valence-electron chi connectivity index (χ3n) is 7.90. The van der Waals surface area contributed by atoms with E-state index >= 15 is 0 Å². The largest absolute Gasteiger partial charge is 0.147 e. The zero-order valence-electron chi connectivity index (χ0n) is 20.0. The quantitative estimate of drug-likeness (QED) is 0.215. The molecule has 0 heterocycles. The standard InChI is InChI=1S/2C13H9.C3H9Si.2ClH.H2Si.Zr/c2*1-3-7-12-10(5-1)9-11-6-2-4-8-13(11)12;1-4(2)3;;;;/h2*1-5,7-8H,9H2;1-3H3;2*1H;1H2;. The summed E-state index contributed by atoms with van der Waals surface area (Å²) >= 11 is -2.95. The first-order valence-corrected chi connectivity index (χ1v) is 27.2. The summed E-state index contributed by atoms with van der Waals surface area (Å²) in [6.07, 6.45) is 2.22. The molecule has 0 spiro atoms. The third kappa shape index (κ3) is 3.71. The second-order valence-corrected chi connectivity index (χ2v) is 48.7. The molecule has 0 amide bonds. The van der Waals surface area contributed by atoms with Crippen LogP contribution in [0.15, 0.2) is 84.9 Å². The third-order valence-corrected chi connectivity index (χ3v) is 62.7. The summed E-state index contributed by atoms with van der Waals surface area (Å²) in [5, 5.41) is -1.46. The molecule has 0 aliphatic heterocycles. The molecule has 4 aromatic rings. The maximum absolute atomic E-state index is 2.95. The van der Waals surface area contributed by atoms with Crippen molar-refractivity contribution in [2.45, 2.75) is 32.5 Å². The van der Waals surface area contributed by atoms with Gasteiger partial charge in [0, 0.05) is 0 Å². The Morgan fingerprint density at radius 3 is 1.35 bits per heavy atom. The van der Waals surface area contributed by atoms with Crippen LogP contribution in [0, 0.1) is 0 Å². The Morgan fingerprint density at radius 1 is 0.559 bits per heavy atom. The van der Waals surface area contributed by atoms with Crippen molar-refractivity contribution in [2.24, 2.45) is 0 Å². The van der Waals surface area contributed by atoms with Crippen molar-refractivity contribution in [2.75, 3.05) is 0 Å². The van der Waals surface area contributed by atoms with E-state index in [0.717, 1.165) is 12.8 Å². The van der Waals surface area contributed by atoms with E-state index in [0.29, 0.717) is 0 Å². The molecule has 0 nitrogen and oxygen atoms in total. The predicted octanol–water partition coefficient (Wildman–Crippen LogP) is 6.16. The second kappa shape index (κ2) is 9.34. The Balaban J connectivity index is 0.00000137. The Kier molecular flexibility index (Phi) is 7.10. The van der Waals surface area contributed by atoms with Gasteiger partial charge in [0.1, 0.15) is 0 Å². The van der Waals surface area contributed by atoms with E-state index in [4.69, 9.17) is 0 Å². The molecule has 0 saturated heterocycles. The molecule has 5 heteroatoms. The van der Waals surface area contributed by atoms with Gasteiger partial charge in [-0.2, -0.15) is 0 Å². The van der Waals surface area contributed by atoms with E-state index in [2.05, 4.69) is 111 Å². The Morgan fingerprint density at radius 2 is 0.941 bits per heavy atom. The molecule has 173 valence electrons. The van der Waals surface area contributed by atoms with Crippen LogP contribution in [0.5, 0.6) is 0 Å². The number of hydrogen-bond donors (Lipinski definition) is 0. The summed E-state index contributed by atoms with van der Waals surface area (Å²) < 4.78 is 3.55. The van der Waals surface area contributed by atoms with Crippen LogP contribution in [0.25, 0.3) is 22.3 Å². The van der Waals surface area contributed by atoms with Crippen molar-refractivity contribution in [3.05, 3.63) is 107 Å². The van der Waals surface area contributed by atoms with E-state index in [1.165, 1.54) is 33.4 Å². The first kappa shape index (κ1) is 25.9. The molecule has 0 aromatic heterocycles. The van der Waals surface area contributed by atoms with Gasteiger partial charge in [0.05, 0.1) is 0 Å². The van der Waals surface area contributed by atoms with Gasteiger partial charge in [-0.15, -0.1) is 24.8 Å². The topological polar surface area (TPSA) is 0 Å².